The van der Waals surface area contributed by atoms with Gasteiger partial charge in [-0.1, -0.05) is 20.8 Å². The Hall–Kier alpha value is 0.412. The van der Waals surface area contributed by atoms with E-state index in [-0.39, 0.29) is 16.6 Å². The monoisotopic (exact) mass is 327 g/mol. The summed E-state index contributed by atoms with van der Waals surface area (Å²) in [6.45, 7) is 31.6. The first kappa shape index (κ1) is 22.4. The van der Waals surface area contributed by atoms with E-state index in [0.29, 0.717) is 0 Å². The molecule has 132 valence electrons. The Morgan fingerprint density at radius 1 is 0.500 bits per heavy atom. The van der Waals surface area contributed by atoms with Crippen LogP contribution >= 0.6 is 0 Å². The maximum absolute atomic E-state index is 2.77. The van der Waals surface area contributed by atoms with Crippen molar-refractivity contribution >= 4 is 14.8 Å². The molecule has 0 heterocycles. The van der Waals surface area contributed by atoms with Crippen LogP contribution in [0.1, 0.15) is 83.1 Å². The van der Waals surface area contributed by atoms with Crippen molar-refractivity contribution in [2.45, 2.75) is 99.7 Å². The van der Waals surface area contributed by atoms with E-state index >= 15 is 0 Å². The summed E-state index contributed by atoms with van der Waals surface area (Å²) in [6, 6.07) is 0. The Kier molecular flexibility index (Phi) is 8.14. The van der Waals surface area contributed by atoms with Gasteiger partial charge in [-0.05, 0) is 98.6 Å². The van der Waals surface area contributed by atoms with Crippen LogP contribution in [0.25, 0.3) is 0 Å². The third-order valence-electron chi connectivity index (χ3n) is 4.44. The summed E-state index contributed by atoms with van der Waals surface area (Å²) in [6.07, 6.45) is 0. The Labute approximate surface area is 146 Å². The van der Waals surface area contributed by atoms with Gasteiger partial charge in [0.2, 0.25) is 0 Å². The fraction of sp³-hybridized carbons (Fsp3) is 1.00. The third-order valence-corrected chi connectivity index (χ3v) is 9.54. The number of hydrogen-bond acceptors (Lipinski definition) is 3. The molecular formula is C18H42AlN3. The molecule has 0 radical (unpaired) electrons. The molecule has 0 saturated carbocycles. The van der Waals surface area contributed by atoms with Gasteiger partial charge in [0.05, 0.1) is 0 Å². The van der Waals surface area contributed by atoms with Crippen LogP contribution < -0.4 is 0 Å². The van der Waals surface area contributed by atoms with E-state index in [1.807, 2.05) is 0 Å². The lowest BCUT2D eigenvalue weighted by atomic mass is 10.1. The molecule has 4 heteroatoms. The summed E-state index contributed by atoms with van der Waals surface area (Å²) < 4.78 is 8.32. The zero-order valence-electron chi connectivity index (χ0n) is 17.5. The normalized spacial score (nSPS) is 14.3. The van der Waals surface area contributed by atoms with Gasteiger partial charge in [-0.15, -0.1) is 0 Å². The van der Waals surface area contributed by atoms with Crippen LogP contribution in [-0.2, 0) is 0 Å². The molecule has 0 spiro atoms. The lowest BCUT2D eigenvalue weighted by molar-refractivity contribution is 0.120. The van der Waals surface area contributed by atoms with Crippen LogP contribution in [0.3, 0.4) is 0 Å². The Bertz CT molecular complexity index is 270. The van der Waals surface area contributed by atoms with E-state index in [2.05, 4.69) is 94.7 Å². The van der Waals surface area contributed by atoms with Crippen LogP contribution in [0.4, 0.5) is 0 Å². The van der Waals surface area contributed by atoms with E-state index in [0.717, 1.165) is 19.6 Å². The van der Waals surface area contributed by atoms with Crippen molar-refractivity contribution < 1.29 is 0 Å². The molecule has 0 aromatic heterocycles. The highest BCUT2D eigenvalue weighted by atomic mass is 27.2. The standard InChI is InChI=1S/3C6H14N.Al/c3*1-5-7-6(2,3)4;/h3*5H2,1-4H3;/q3*-1;+3. The fourth-order valence-electron chi connectivity index (χ4n) is 3.46. The van der Waals surface area contributed by atoms with Crippen molar-refractivity contribution in [2.75, 3.05) is 19.6 Å². The molecule has 0 aliphatic carbocycles. The Morgan fingerprint density at radius 3 is 0.773 bits per heavy atom. The van der Waals surface area contributed by atoms with Crippen LogP contribution in [-0.4, -0.2) is 62.7 Å². The van der Waals surface area contributed by atoms with E-state index in [4.69, 9.17) is 0 Å². The quantitative estimate of drug-likeness (QED) is 0.672. The molecule has 0 rings (SSSR count). The van der Waals surface area contributed by atoms with E-state index < -0.39 is 14.8 Å². The molecule has 0 aliphatic rings. The molecule has 0 aromatic rings. The van der Waals surface area contributed by atoms with Gasteiger partial charge < -0.3 is 11.7 Å². The van der Waals surface area contributed by atoms with Crippen LogP contribution in [0.2, 0.25) is 0 Å². The largest absolute Gasteiger partial charge is 0.610 e. The van der Waals surface area contributed by atoms with Gasteiger partial charge in [0.25, 0.3) is 0 Å². The molecule has 0 unspecified atom stereocenters. The van der Waals surface area contributed by atoms with Crippen molar-refractivity contribution in [1.82, 2.24) is 11.7 Å². The average Bonchev–Trinajstić information content (AvgIpc) is 2.25. The number of rotatable bonds is 6. The van der Waals surface area contributed by atoms with E-state index in [1.54, 1.807) is 0 Å². The molecule has 0 bridgehead atoms. The number of nitrogens with zero attached hydrogens (tertiary/aromatic N) is 3. The first-order valence-electron chi connectivity index (χ1n) is 9.02. The first-order chi connectivity index (χ1) is 9.71. The molecule has 0 aromatic carbocycles. The lowest BCUT2D eigenvalue weighted by Gasteiger charge is -2.53. The summed E-state index contributed by atoms with van der Waals surface area (Å²) in [5, 5.41) is 0. The van der Waals surface area contributed by atoms with E-state index in [1.165, 1.54) is 0 Å². The molecule has 0 N–H and O–H groups in total. The molecule has 22 heavy (non-hydrogen) atoms. The predicted octanol–water partition coefficient (Wildman–Crippen LogP) is 4.33. The first-order valence-corrected chi connectivity index (χ1v) is 10.6. The fourth-order valence-corrected chi connectivity index (χ4v) is 7.52. The highest BCUT2D eigenvalue weighted by Crippen LogP contribution is 2.28. The molecule has 0 aliphatic heterocycles. The zero-order valence-corrected chi connectivity index (χ0v) is 18.7. The molecule has 0 fully saturated rings. The van der Waals surface area contributed by atoms with Crippen molar-refractivity contribution in [1.29, 1.82) is 0 Å². The summed E-state index contributed by atoms with van der Waals surface area (Å²) in [5.74, 6) is 0. The lowest BCUT2D eigenvalue weighted by Crippen LogP contribution is -2.73. The molecule has 0 atom stereocenters. The van der Waals surface area contributed by atoms with Crippen molar-refractivity contribution in [3.63, 3.8) is 0 Å². The van der Waals surface area contributed by atoms with Gasteiger partial charge in [0, 0.05) is 0 Å². The Balaban J connectivity index is 6.07. The second-order valence-electron chi connectivity index (χ2n) is 9.22. The minimum Gasteiger partial charge on any atom is -0.353 e. The average molecular weight is 328 g/mol. The van der Waals surface area contributed by atoms with Gasteiger partial charge in [-0.3, -0.25) is 0 Å². The molecule has 3 nitrogen and oxygen atoms in total. The van der Waals surface area contributed by atoms with Gasteiger partial charge in [0.1, 0.15) is 0 Å². The van der Waals surface area contributed by atoms with Gasteiger partial charge >= 0.3 is 14.8 Å². The van der Waals surface area contributed by atoms with Crippen LogP contribution in [0, 0.1) is 0 Å². The van der Waals surface area contributed by atoms with Crippen LogP contribution in [0.15, 0.2) is 0 Å². The Morgan fingerprint density at radius 2 is 0.682 bits per heavy atom. The summed E-state index contributed by atoms with van der Waals surface area (Å²) in [4.78, 5) is 0. The highest BCUT2D eigenvalue weighted by Gasteiger charge is 2.50. The number of hydrogen-bond donors (Lipinski definition) is 0. The summed E-state index contributed by atoms with van der Waals surface area (Å²) in [7, 11) is 0. The molecule has 0 saturated heterocycles. The second kappa shape index (κ2) is 7.99. The third kappa shape index (κ3) is 5.80. The predicted molar refractivity (Wildman–Crippen MR) is 102 cm³/mol. The smallest absolute Gasteiger partial charge is 0.353 e. The summed E-state index contributed by atoms with van der Waals surface area (Å²) >= 11 is -1.45. The SMILES string of the molecule is CC[N]([Al]([N](CC)C(C)(C)C)[N](CC)C(C)(C)C)C(C)(C)C. The summed E-state index contributed by atoms with van der Waals surface area (Å²) in [5.41, 5.74) is 0.592. The van der Waals surface area contributed by atoms with Gasteiger partial charge in [0.15, 0.2) is 0 Å². The van der Waals surface area contributed by atoms with E-state index in [9.17, 15) is 0 Å². The molecule has 0 amide bonds. The topological polar surface area (TPSA) is 9.72 Å². The maximum atomic E-state index is 2.77. The van der Waals surface area contributed by atoms with Crippen molar-refractivity contribution in [3.05, 3.63) is 0 Å². The van der Waals surface area contributed by atoms with Crippen molar-refractivity contribution in [3.8, 4) is 0 Å². The van der Waals surface area contributed by atoms with Crippen molar-refractivity contribution in [2.24, 2.45) is 0 Å². The molecular weight excluding hydrogens is 285 g/mol. The maximum Gasteiger partial charge on any atom is 0.610 e. The zero-order chi connectivity index (χ0) is 17.9. The second-order valence-corrected chi connectivity index (χ2v) is 11.8. The highest BCUT2D eigenvalue weighted by molar-refractivity contribution is 6.50. The van der Waals surface area contributed by atoms with Gasteiger partial charge in [-0.25, -0.2) is 0 Å². The minimum atomic E-state index is -1.45. The van der Waals surface area contributed by atoms with Gasteiger partial charge in [-0.2, -0.15) is 0 Å². The van der Waals surface area contributed by atoms with Crippen LogP contribution in [0.5, 0.6) is 0 Å². The minimum absolute atomic E-state index is 0.197.